The summed E-state index contributed by atoms with van der Waals surface area (Å²) in [7, 11) is 0. The highest BCUT2D eigenvalue weighted by atomic mass is 16.1. The number of carbonyl (C=O) groups is 1. The summed E-state index contributed by atoms with van der Waals surface area (Å²) in [5, 5.41) is 2.76. The number of carbonyl (C=O) groups excluding carboxylic acids is 1. The van der Waals surface area contributed by atoms with E-state index in [0.29, 0.717) is 17.1 Å². The van der Waals surface area contributed by atoms with Gasteiger partial charge in [0.25, 0.3) is 5.91 Å². The number of nitrogens with one attached hydrogen (secondary N) is 1. The number of hydrogen-bond acceptors (Lipinski definition) is 3. The van der Waals surface area contributed by atoms with Crippen LogP contribution in [0.25, 0.3) is 0 Å². The number of benzene rings is 1. The van der Waals surface area contributed by atoms with Crippen LogP contribution in [0.4, 0.5) is 5.69 Å². The minimum Gasteiger partial charge on any atom is -0.319 e. The lowest BCUT2D eigenvalue weighted by Crippen LogP contribution is -2.13. The summed E-state index contributed by atoms with van der Waals surface area (Å²) >= 11 is 0. The van der Waals surface area contributed by atoms with Gasteiger partial charge in [0.05, 0.1) is 18.1 Å². The normalized spacial score (nSPS) is 10.0. The van der Waals surface area contributed by atoms with E-state index in [4.69, 9.17) is 0 Å². The Morgan fingerprint density at radius 1 is 1.12 bits per heavy atom. The molecular formula is C13H13N3O. The van der Waals surface area contributed by atoms with Gasteiger partial charge in [-0.2, -0.15) is 0 Å². The van der Waals surface area contributed by atoms with Crippen molar-refractivity contribution in [1.29, 1.82) is 0 Å². The average Bonchev–Trinajstić information content (AvgIpc) is 2.32. The van der Waals surface area contributed by atoms with Crippen molar-refractivity contribution in [3.63, 3.8) is 0 Å². The molecule has 86 valence electrons. The summed E-state index contributed by atoms with van der Waals surface area (Å²) in [4.78, 5) is 20.0. The third kappa shape index (κ3) is 2.66. The van der Waals surface area contributed by atoms with E-state index < -0.39 is 0 Å². The molecule has 0 saturated carbocycles. The first-order valence-corrected chi connectivity index (χ1v) is 5.32. The molecule has 0 unspecified atom stereocenters. The summed E-state index contributed by atoms with van der Waals surface area (Å²) in [5.74, 6) is 0.537. The fourth-order valence-electron chi connectivity index (χ4n) is 1.48. The Morgan fingerprint density at radius 3 is 2.41 bits per heavy atom. The van der Waals surface area contributed by atoms with Crippen molar-refractivity contribution in [2.45, 2.75) is 13.8 Å². The highest BCUT2D eigenvalue weighted by molar-refractivity contribution is 6.05. The number of hydrogen-bond donors (Lipinski definition) is 1. The van der Waals surface area contributed by atoms with Crippen LogP contribution in [0.15, 0.2) is 36.7 Å². The van der Waals surface area contributed by atoms with Gasteiger partial charge in [-0.25, -0.2) is 9.97 Å². The standard InChI is InChI=1S/C13H13N3O/c1-9-5-3-4-6-12(9)13(17)16-11-7-14-10(2)15-8-11/h3-8H,1-2H3,(H,16,17). The van der Waals surface area contributed by atoms with E-state index in [2.05, 4.69) is 15.3 Å². The van der Waals surface area contributed by atoms with E-state index in [1.54, 1.807) is 25.4 Å². The summed E-state index contributed by atoms with van der Waals surface area (Å²) in [6.45, 7) is 3.70. The van der Waals surface area contributed by atoms with Crippen molar-refractivity contribution in [3.05, 3.63) is 53.6 Å². The zero-order valence-electron chi connectivity index (χ0n) is 9.77. The van der Waals surface area contributed by atoms with Crippen LogP contribution in [0.3, 0.4) is 0 Å². The maximum absolute atomic E-state index is 12.0. The van der Waals surface area contributed by atoms with Gasteiger partial charge in [-0.15, -0.1) is 0 Å². The Balaban J connectivity index is 2.17. The van der Waals surface area contributed by atoms with Gasteiger partial charge in [0.15, 0.2) is 0 Å². The molecule has 0 atom stereocenters. The Kier molecular flexibility index (Phi) is 3.14. The molecule has 0 bridgehead atoms. The van der Waals surface area contributed by atoms with Crippen molar-refractivity contribution in [2.75, 3.05) is 5.32 Å². The smallest absolute Gasteiger partial charge is 0.256 e. The second kappa shape index (κ2) is 4.74. The lowest BCUT2D eigenvalue weighted by molar-refractivity contribution is 0.102. The third-order valence-corrected chi connectivity index (χ3v) is 2.43. The quantitative estimate of drug-likeness (QED) is 0.856. The first-order valence-electron chi connectivity index (χ1n) is 5.32. The average molecular weight is 227 g/mol. The largest absolute Gasteiger partial charge is 0.319 e. The predicted molar refractivity (Wildman–Crippen MR) is 65.9 cm³/mol. The fourth-order valence-corrected chi connectivity index (χ4v) is 1.48. The van der Waals surface area contributed by atoms with Crippen LogP contribution in [-0.4, -0.2) is 15.9 Å². The van der Waals surface area contributed by atoms with E-state index in [0.717, 1.165) is 5.56 Å². The van der Waals surface area contributed by atoms with Crippen LogP contribution in [0.2, 0.25) is 0 Å². The molecule has 2 rings (SSSR count). The van der Waals surface area contributed by atoms with Crippen LogP contribution in [-0.2, 0) is 0 Å². The molecule has 0 fully saturated rings. The molecule has 4 nitrogen and oxygen atoms in total. The van der Waals surface area contributed by atoms with E-state index >= 15 is 0 Å². The first kappa shape index (κ1) is 11.3. The highest BCUT2D eigenvalue weighted by Gasteiger charge is 2.08. The predicted octanol–water partition coefficient (Wildman–Crippen LogP) is 2.35. The second-order valence-electron chi connectivity index (χ2n) is 3.79. The van der Waals surface area contributed by atoms with Gasteiger partial charge in [0.1, 0.15) is 5.82 Å². The van der Waals surface area contributed by atoms with Gasteiger partial charge >= 0.3 is 0 Å². The van der Waals surface area contributed by atoms with E-state index in [1.807, 2.05) is 25.1 Å². The molecule has 1 heterocycles. The number of aryl methyl sites for hydroxylation is 2. The van der Waals surface area contributed by atoms with Crippen molar-refractivity contribution in [1.82, 2.24) is 9.97 Å². The van der Waals surface area contributed by atoms with Gasteiger partial charge in [-0.3, -0.25) is 4.79 Å². The zero-order chi connectivity index (χ0) is 12.3. The van der Waals surface area contributed by atoms with Crippen LogP contribution < -0.4 is 5.32 Å². The molecule has 0 aliphatic rings. The summed E-state index contributed by atoms with van der Waals surface area (Å²) in [6, 6.07) is 7.44. The SMILES string of the molecule is Cc1ncc(NC(=O)c2ccccc2C)cn1. The molecule has 2 aromatic rings. The number of aromatic nitrogens is 2. The van der Waals surface area contributed by atoms with Crippen LogP contribution in [0, 0.1) is 13.8 Å². The molecule has 1 aromatic heterocycles. The summed E-state index contributed by atoms with van der Waals surface area (Å²) in [5.41, 5.74) is 2.20. The Labute approximate surface area is 99.7 Å². The molecule has 0 radical (unpaired) electrons. The molecule has 1 aromatic carbocycles. The maximum atomic E-state index is 12.0. The van der Waals surface area contributed by atoms with Gasteiger partial charge in [-0.1, -0.05) is 18.2 Å². The van der Waals surface area contributed by atoms with Crippen molar-refractivity contribution in [2.24, 2.45) is 0 Å². The molecule has 0 spiro atoms. The topological polar surface area (TPSA) is 54.9 Å². The highest BCUT2D eigenvalue weighted by Crippen LogP contribution is 2.10. The van der Waals surface area contributed by atoms with Crippen LogP contribution in [0.1, 0.15) is 21.7 Å². The summed E-state index contributed by atoms with van der Waals surface area (Å²) in [6.07, 6.45) is 3.19. The number of anilines is 1. The molecule has 0 aliphatic heterocycles. The second-order valence-corrected chi connectivity index (χ2v) is 3.79. The van der Waals surface area contributed by atoms with E-state index in [1.165, 1.54) is 0 Å². The first-order chi connectivity index (χ1) is 8.16. The number of rotatable bonds is 2. The van der Waals surface area contributed by atoms with Crippen molar-refractivity contribution < 1.29 is 4.79 Å². The minimum atomic E-state index is -0.143. The Morgan fingerprint density at radius 2 is 1.76 bits per heavy atom. The number of amides is 1. The molecule has 1 amide bonds. The molecule has 17 heavy (non-hydrogen) atoms. The zero-order valence-corrected chi connectivity index (χ0v) is 9.77. The molecule has 0 aliphatic carbocycles. The van der Waals surface area contributed by atoms with Crippen molar-refractivity contribution in [3.8, 4) is 0 Å². The third-order valence-electron chi connectivity index (χ3n) is 2.43. The van der Waals surface area contributed by atoms with Gasteiger partial charge in [0, 0.05) is 5.56 Å². The van der Waals surface area contributed by atoms with Gasteiger partial charge in [-0.05, 0) is 25.5 Å². The van der Waals surface area contributed by atoms with E-state index in [-0.39, 0.29) is 5.91 Å². The summed E-state index contributed by atoms with van der Waals surface area (Å²) < 4.78 is 0. The number of nitrogens with zero attached hydrogens (tertiary/aromatic N) is 2. The van der Waals surface area contributed by atoms with Crippen LogP contribution in [0.5, 0.6) is 0 Å². The van der Waals surface area contributed by atoms with Gasteiger partial charge in [0.2, 0.25) is 0 Å². The van der Waals surface area contributed by atoms with Crippen molar-refractivity contribution >= 4 is 11.6 Å². The fraction of sp³-hybridized carbons (Fsp3) is 0.154. The Hall–Kier alpha value is -2.23. The Bertz CT molecular complexity index is 535. The minimum absolute atomic E-state index is 0.143. The maximum Gasteiger partial charge on any atom is 0.256 e. The lowest BCUT2D eigenvalue weighted by Gasteiger charge is -2.06. The molecule has 1 N–H and O–H groups in total. The van der Waals surface area contributed by atoms with Gasteiger partial charge < -0.3 is 5.32 Å². The molecule has 0 saturated heterocycles. The van der Waals surface area contributed by atoms with Crippen LogP contribution >= 0.6 is 0 Å². The van der Waals surface area contributed by atoms with E-state index in [9.17, 15) is 4.79 Å². The monoisotopic (exact) mass is 227 g/mol. The molecule has 4 heteroatoms. The lowest BCUT2D eigenvalue weighted by atomic mass is 10.1. The molecular weight excluding hydrogens is 214 g/mol.